The molecule has 8 fully saturated rings. The van der Waals surface area contributed by atoms with Crippen LogP contribution in [0.5, 0.6) is 0 Å². The van der Waals surface area contributed by atoms with E-state index in [4.69, 9.17) is 161 Å². The lowest BCUT2D eigenvalue weighted by molar-refractivity contribution is -0.0981. The van der Waals surface area contributed by atoms with E-state index in [-0.39, 0.29) is 166 Å². The van der Waals surface area contributed by atoms with E-state index in [1.807, 2.05) is 11.5 Å². The largest absolute Gasteiger partial charge is 0.394 e. The monoisotopic (exact) mass is 1920 g/mol. The number of aromatic amines is 1. The number of rotatable bonds is 15. The van der Waals surface area contributed by atoms with E-state index in [2.05, 4.69) is 89.7 Å². The number of anilines is 9. The number of imidazole rings is 5. The zero-order chi connectivity index (χ0) is 94.4. The Bertz CT molecular complexity index is 6070. The number of nitrogens with two attached hydrogens (primary N) is 9. The van der Waals surface area contributed by atoms with Crippen molar-refractivity contribution >= 4 is 144 Å². The Labute approximate surface area is 758 Å². The number of fused-ring (bicyclic) bond motifs is 5. The molecule has 714 valence electrons. The predicted octanol–water partition coefficient (Wildman–Crippen LogP) is -4.73. The third-order valence-electron chi connectivity index (χ3n) is 19.9. The van der Waals surface area contributed by atoms with Gasteiger partial charge in [0.15, 0.2) is 101 Å². The Kier molecular flexibility index (Phi) is 31.9. The number of hydrogen-bond donors (Lipinski definition) is 18. The number of nitrogens with one attached hydrogen (secondary N) is 1. The van der Waals surface area contributed by atoms with E-state index < -0.39 is 78.3 Å². The number of H-pyrrole nitrogens is 1. The van der Waals surface area contributed by atoms with Crippen molar-refractivity contribution in [3.63, 3.8) is 0 Å². The number of aliphatic hydroxyl groups excluding tert-OH is 8. The average molecular weight is 1920 g/mol. The Morgan fingerprint density at radius 3 is 1.24 bits per heavy atom. The van der Waals surface area contributed by atoms with Crippen molar-refractivity contribution in [2.75, 3.05) is 136 Å². The topological polar surface area (TPSA) is 849 Å². The Balaban J connectivity index is 0.000000122. The number of nitrogen functional groups attached to an aromatic ring is 9. The summed E-state index contributed by atoms with van der Waals surface area (Å²) in [7, 11) is 0. The summed E-state index contributed by atoms with van der Waals surface area (Å²) in [6.07, 6.45) is 11.3. The molecule has 62 heteroatoms. The fourth-order valence-corrected chi connectivity index (χ4v) is 15.6. The van der Waals surface area contributed by atoms with E-state index in [0.717, 1.165) is 30.5 Å². The van der Waals surface area contributed by atoms with Crippen LogP contribution in [-0.4, -0.2) is 300 Å². The molecule has 21 heterocycles. The van der Waals surface area contributed by atoms with Gasteiger partial charge >= 0.3 is 17.1 Å². The third-order valence-corrected chi connectivity index (χ3v) is 22.2. The molecule has 8 saturated heterocycles. The number of ether oxygens (including phenoxy) is 12. The van der Waals surface area contributed by atoms with Crippen molar-refractivity contribution in [3.8, 4) is 0 Å². The van der Waals surface area contributed by atoms with Gasteiger partial charge in [-0.2, -0.15) is 49.8 Å². The second-order valence-electron chi connectivity index (χ2n) is 28.8. The molecule has 8 aliphatic heterocycles. The Morgan fingerprint density at radius 1 is 0.391 bits per heavy atom. The summed E-state index contributed by atoms with van der Waals surface area (Å²) < 4.78 is 76.7. The molecular weight excluding hydrogens is 1830 g/mol. The number of aromatic nitrogens is 26. The Hall–Kier alpha value is -12.4. The number of halogens is 1. The molecule has 13 aromatic heterocycles. The highest BCUT2D eigenvalue weighted by Gasteiger charge is 2.36. The van der Waals surface area contributed by atoms with Crippen molar-refractivity contribution in [1.82, 2.24) is 126 Å². The van der Waals surface area contributed by atoms with Gasteiger partial charge in [-0.25, -0.2) is 49.3 Å². The third kappa shape index (κ3) is 23.3. The van der Waals surface area contributed by atoms with Gasteiger partial charge in [-0.3, -0.25) is 46.3 Å². The summed E-state index contributed by atoms with van der Waals surface area (Å²) in [5, 5.41) is 71.9. The highest BCUT2D eigenvalue weighted by Crippen LogP contribution is 2.36. The van der Waals surface area contributed by atoms with Crippen LogP contribution < -0.4 is 74.2 Å². The van der Waals surface area contributed by atoms with E-state index in [1.54, 1.807) is 61.6 Å². The van der Waals surface area contributed by atoms with Gasteiger partial charge in [-0.05, 0) is 50.8 Å². The normalized spacial score (nSPS) is 24.6. The maximum Gasteiger partial charge on any atom is 0.351 e. The first-order chi connectivity index (χ1) is 64.1. The molecule has 59 nitrogen and oxygen atoms in total. The van der Waals surface area contributed by atoms with E-state index >= 15 is 0 Å². The van der Waals surface area contributed by atoms with E-state index in [0.29, 0.717) is 75.9 Å². The standard InChI is InChI=1S/C11H15N5O2.C9H10ClN5O3.C9H12N6O3.C9H11N5O4.C9H11N5O3.C9H13N3O3.C8H11N3O3S.C7H9N3O3S/c1-6-9-10(15-11(12)14-6)16(5-13-9)8-3-2-7(4-17)18-8;2*10-7-6-8(14-9(11)13-7)15(3-12-6)4-2-17-5(1-16)18-4;10-9-12-7-6(8(16)13-9)11-3-14(7)4-2-17-5(1-15)18-4;10-9-11-1-5-8(13-9)14(4-12-5)6-3-16-7(2-15)17-6;10-7-3-4-12(9(14)11-7)8-2-1-6(5-13)15-8;9-5-1-2-11(8(13)10-5)6-4-15-7(3-12)14-6;8-4-1-2-10(6(11)9-4)5-3-14-7(12)13-5/h5,7-8,17H,2-4H2,1H3,(H2,12,14,15);3-5,16H,1-2H2,(H2,11,13,14);3-5,16H,1-2H2,(H4,10,11,13,14);3-5,15H,1-2H2,(H3,10,12,13,16);1,4,6-7,15H,2-3H2,(H2,10,11,13);3-4,6,8,13H,1-2,5H2,(H2,10,11,14);1-2,6-7,12H,3-4H2,(H2,9,10,13);1-2,5,7,12H,3H2,(H2,8,9,11). The van der Waals surface area contributed by atoms with Crippen LogP contribution >= 0.6 is 35.1 Å². The van der Waals surface area contributed by atoms with Crippen molar-refractivity contribution in [1.29, 1.82) is 0 Å². The minimum absolute atomic E-state index is 0.00636. The first-order valence-electron chi connectivity index (χ1n) is 40.1. The molecular formula is C71H92ClN35O24S2. The molecule has 13 aromatic rings. The van der Waals surface area contributed by atoms with E-state index in [1.165, 1.54) is 68.5 Å². The fourth-order valence-electron chi connectivity index (χ4n) is 13.7. The van der Waals surface area contributed by atoms with Crippen LogP contribution in [-0.2, 0) is 56.8 Å². The molecule has 16 atom stereocenters. The Morgan fingerprint density at radius 2 is 0.789 bits per heavy atom. The van der Waals surface area contributed by atoms with Crippen LogP contribution in [0.3, 0.4) is 0 Å². The maximum absolute atomic E-state index is 11.6. The van der Waals surface area contributed by atoms with Gasteiger partial charge in [0.25, 0.3) is 5.56 Å². The van der Waals surface area contributed by atoms with Gasteiger partial charge < -0.3 is 149 Å². The molecule has 0 bridgehead atoms. The predicted molar refractivity (Wildman–Crippen MR) is 465 cm³/mol. The molecule has 0 radical (unpaired) electrons. The summed E-state index contributed by atoms with van der Waals surface area (Å²) >= 11 is 8.61. The van der Waals surface area contributed by atoms with Crippen molar-refractivity contribution < 1.29 is 97.7 Å². The molecule has 0 aliphatic carbocycles. The summed E-state index contributed by atoms with van der Waals surface area (Å²) in [5.74, 6) is 2.48. The van der Waals surface area contributed by atoms with Crippen LogP contribution in [0.1, 0.15) is 81.2 Å². The van der Waals surface area contributed by atoms with Crippen molar-refractivity contribution in [2.24, 2.45) is 0 Å². The minimum Gasteiger partial charge on any atom is -0.394 e. The van der Waals surface area contributed by atoms with Crippen LogP contribution in [0.4, 0.5) is 53.0 Å². The molecule has 0 amide bonds. The maximum atomic E-state index is 11.6. The number of hydrogen-bond acceptors (Lipinski definition) is 52. The number of aryl methyl sites for hydroxylation is 1. The molecule has 21 rings (SSSR count). The second-order valence-corrected chi connectivity index (χ2v) is 31.4. The lowest BCUT2D eigenvalue weighted by Gasteiger charge is -2.14. The first kappa shape index (κ1) is 96.6. The SMILES string of the molecule is Cc1nc(N)nc2c1ncn2C1CCC(CO)O1.Nc1ccn(C2CCC(CO)O2)c(=O)n1.Nc1ccn(C2CSC(CO)O2)c(=O)n1.Nc1ccn(C2CSC(O)O2)c(=O)n1.Nc1nc(Cl)c2ncn(C3COC(CO)O3)c2n1.Nc1nc(N)c2ncn(C3COC(CO)O3)c2n1.Nc1nc2c(ncn2C2COC(CO)O2)c(=O)[nH]1.Nc1ncc2ncn(C3COC(CO)O3)c2n1. The minimum atomic E-state index is -0.871. The second kappa shape index (κ2) is 44.0. The molecule has 27 N–H and O–H groups in total. The van der Waals surface area contributed by atoms with Crippen molar-refractivity contribution in [2.45, 2.75) is 131 Å². The highest BCUT2D eigenvalue weighted by molar-refractivity contribution is 8.00. The molecule has 0 saturated carbocycles. The van der Waals surface area contributed by atoms with Crippen LogP contribution in [0, 0.1) is 6.92 Å². The van der Waals surface area contributed by atoms with Gasteiger partial charge in [0, 0.05) is 30.1 Å². The quantitative estimate of drug-likeness (QED) is 0.0429. The van der Waals surface area contributed by atoms with Gasteiger partial charge in [0.2, 0.25) is 35.4 Å². The lowest BCUT2D eigenvalue weighted by Crippen LogP contribution is -2.28. The molecule has 0 spiro atoms. The van der Waals surface area contributed by atoms with Gasteiger partial charge in [-0.1, -0.05) is 23.4 Å². The van der Waals surface area contributed by atoms with Crippen LogP contribution in [0.2, 0.25) is 5.15 Å². The zero-order valence-electron chi connectivity index (χ0n) is 69.9. The fraction of sp³-hybridized carbons (Fsp3) is 0.479. The first-order valence-corrected chi connectivity index (χ1v) is 42.5. The number of thioether (sulfide) groups is 2. The van der Waals surface area contributed by atoms with E-state index in [9.17, 15) is 19.2 Å². The zero-order valence-corrected chi connectivity index (χ0v) is 72.3. The van der Waals surface area contributed by atoms with Gasteiger partial charge in [-0.15, -0.1) is 11.8 Å². The van der Waals surface area contributed by atoms with Crippen LogP contribution in [0.15, 0.2) is 93.8 Å². The molecule has 8 aliphatic rings. The van der Waals surface area contributed by atoms with Gasteiger partial charge in [0.1, 0.15) is 63.6 Å². The van der Waals surface area contributed by atoms with Crippen LogP contribution in [0.25, 0.3) is 55.8 Å². The molecule has 0 aromatic carbocycles. The molecule has 16 unspecified atom stereocenters. The summed E-state index contributed by atoms with van der Waals surface area (Å²) in [5.41, 5.74) is 52.4. The number of nitrogens with zero attached hydrogens (tertiary/aromatic N) is 25. The average Bonchev–Trinajstić information content (AvgIpc) is 1.65. The van der Waals surface area contributed by atoms with Gasteiger partial charge in [0.05, 0.1) is 128 Å². The smallest absolute Gasteiger partial charge is 0.351 e. The summed E-state index contributed by atoms with van der Waals surface area (Å²) in [4.78, 5) is 116. The molecule has 133 heavy (non-hydrogen) atoms. The summed E-state index contributed by atoms with van der Waals surface area (Å²) in [6.45, 7) is 2.14. The lowest BCUT2D eigenvalue weighted by atomic mass is 10.2. The van der Waals surface area contributed by atoms with Crippen molar-refractivity contribution in [3.05, 3.63) is 127 Å². The number of aliphatic hydroxyl groups is 8. The highest BCUT2D eigenvalue weighted by atomic mass is 35.5. The summed E-state index contributed by atoms with van der Waals surface area (Å²) in [6, 6.07) is 4.61.